The summed E-state index contributed by atoms with van der Waals surface area (Å²) in [5.41, 5.74) is 0.428. The van der Waals surface area contributed by atoms with Gasteiger partial charge in [0, 0.05) is 23.9 Å². The van der Waals surface area contributed by atoms with Crippen molar-refractivity contribution in [2.45, 2.75) is 25.7 Å². The fourth-order valence-corrected chi connectivity index (χ4v) is 3.98. The molecule has 0 saturated heterocycles. The van der Waals surface area contributed by atoms with Crippen molar-refractivity contribution in [2.24, 2.45) is 5.92 Å². The number of hydrogen-bond acceptors (Lipinski definition) is 4. The number of halogens is 1. The van der Waals surface area contributed by atoms with E-state index in [-0.39, 0.29) is 12.5 Å². The topological polar surface area (TPSA) is 66.8 Å². The minimum atomic E-state index is -1.74. The second-order valence-corrected chi connectivity index (χ2v) is 7.49. The van der Waals surface area contributed by atoms with E-state index < -0.39 is 22.8 Å². The Balaban J connectivity index is 1.89. The zero-order valence-electron chi connectivity index (χ0n) is 15.2. The van der Waals surface area contributed by atoms with Crippen molar-refractivity contribution in [3.05, 3.63) is 53.1 Å². The van der Waals surface area contributed by atoms with Gasteiger partial charge in [0.1, 0.15) is 23.5 Å². The summed E-state index contributed by atoms with van der Waals surface area (Å²) < 4.78 is 19.1. The maximum atomic E-state index is 13.5. The summed E-state index contributed by atoms with van der Waals surface area (Å²) in [6, 6.07) is 8.20. The van der Waals surface area contributed by atoms with Crippen molar-refractivity contribution in [3.8, 4) is 11.5 Å². The molecule has 2 aromatic carbocycles. The van der Waals surface area contributed by atoms with Crippen LogP contribution in [-0.2, 0) is 10.2 Å². The van der Waals surface area contributed by atoms with Gasteiger partial charge < -0.3 is 14.7 Å². The third-order valence-corrected chi connectivity index (χ3v) is 5.41. The molecule has 4 rings (SSSR count). The number of nitrogens with zero attached hydrogens (tertiary/aromatic N) is 1. The van der Waals surface area contributed by atoms with Gasteiger partial charge in [-0.15, -0.1) is 0 Å². The van der Waals surface area contributed by atoms with E-state index in [1.165, 1.54) is 12.1 Å². The van der Waals surface area contributed by atoms with E-state index in [1.807, 2.05) is 24.3 Å². The van der Waals surface area contributed by atoms with Gasteiger partial charge in [-0.3, -0.25) is 9.59 Å². The number of carbonyl (C=O) groups excluding carboxylic acids is 2. The number of phenols is 1. The molecule has 5 nitrogen and oxygen atoms in total. The van der Waals surface area contributed by atoms with Gasteiger partial charge in [0.15, 0.2) is 0 Å². The van der Waals surface area contributed by atoms with Gasteiger partial charge in [-0.2, -0.15) is 4.39 Å². The van der Waals surface area contributed by atoms with Crippen molar-refractivity contribution in [1.29, 1.82) is 0 Å². The van der Waals surface area contributed by atoms with E-state index in [9.17, 15) is 19.1 Å². The third kappa shape index (κ3) is 2.43. The minimum Gasteiger partial charge on any atom is -0.507 e. The number of aromatic hydroxyl groups is 1. The fraction of sp³-hybridized carbons (Fsp3) is 0.333. The average molecular weight is 369 g/mol. The number of amides is 1. The Morgan fingerprint density at radius 3 is 2.74 bits per heavy atom. The molecular weight excluding hydrogens is 349 g/mol. The van der Waals surface area contributed by atoms with E-state index in [1.54, 1.807) is 4.90 Å². The number of ether oxygens (including phenoxy) is 1. The normalized spacial score (nSPS) is 20.1. The van der Waals surface area contributed by atoms with Crippen LogP contribution in [0.2, 0.25) is 0 Å². The molecule has 1 amide bonds. The highest BCUT2D eigenvalue weighted by Crippen LogP contribution is 2.53. The van der Waals surface area contributed by atoms with Crippen LogP contribution < -0.4 is 9.64 Å². The van der Waals surface area contributed by atoms with Crippen LogP contribution in [0.3, 0.4) is 0 Å². The highest BCUT2D eigenvalue weighted by molar-refractivity contribution is 6.12. The zero-order valence-corrected chi connectivity index (χ0v) is 15.2. The van der Waals surface area contributed by atoms with E-state index in [2.05, 4.69) is 13.8 Å². The number of fused-ring (bicyclic) bond motifs is 4. The Morgan fingerprint density at radius 1 is 1.30 bits per heavy atom. The molecule has 6 heteroatoms. The number of anilines is 1. The predicted octanol–water partition coefficient (Wildman–Crippen LogP) is 3.57. The number of carbonyl (C=O) groups is 2. The van der Waals surface area contributed by atoms with E-state index in [0.29, 0.717) is 23.8 Å². The highest BCUT2D eigenvalue weighted by Gasteiger charge is 2.57. The van der Waals surface area contributed by atoms with Crippen molar-refractivity contribution < 1.29 is 23.8 Å². The lowest BCUT2D eigenvalue weighted by atomic mass is 9.76. The van der Waals surface area contributed by atoms with Crippen molar-refractivity contribution in [1.82, 2.24) is 0 Å². The first-order valence-corrected chi connectivity index (χ1v) is 8.98. The summed E-state index contributed by atoms with van der Waals surface area (Å²) in [7, 11) is 0. The SMILES string of the molecule is CC(C)CCN1C(=O)C2(COc3cc(O)c(C(=O)F)cc32)c2ccccc21. The van der Waals surface area contributed by atoms with E-state index in [4.69, 9.17) is 4.74 Å². The van der Waals surface area contributed by atoms with Crippen LogP contribution in [0.1, 0.15) is 41.8 Å². The summed E-state index contributed by atoms with van der Waals surface area (Å²) in [5.74, 6) is 0.0902. The Hall–Kier alpha value is -2.89. The molecule has 140 valence electrons. The van der Waals surface area contributed by atoms with Crippen LogP contribution in [0.5, 0.6) is 11.5 Å². The van der Waals surface area contributed by atoms with Crippen molar-refractivity contribution >= 4 is 17.6 Å². The maximum Gasteiger partial charge on any atom is 0.335 e. The van der Waals surface area contributed by atoms with Gasteiger partial charge >= 0.3 is 6.04 Å². The second kappa shape index (κ2) is 6.08. The molecule has 0 aromatic heterocycles. The Bertz CT molecular complexity index is 955. The predicted molar refractivity (Wildman–Crippen MR) is 98.1 cm³/mol. The summed E-state index contributed by atoms with van der Waals surface area (Å²) >= 11 is 0. The lowest BCUT2D eigenvalue weighted by molar-refractivity contribution is -0.122. The smallest absolute Gasteiger partial charge is 0.335 e. The molecule has 27 heavy (non-hydrogen) atoms. The standard InChI is InChI=1S/C21H20FNO4/c1-12(2)7-8-23-16-6-4-3-5-14(16)21(20(23)26)11-27-18-10-17(24)13(19(22)25)9-15(18)21/h3-6,9-10,12,24H,7-8,11H2,1-2H3. The van der Waals surface area contributed by atoms with Crippen LogP contribution in [0.25, 0.3) is 0 Å². The van der Waals surface area contributed by atoms with Gasteiger partial charge in [-0.05, 0) is 30.0 Å². The third-order valence-electron chi connectivity index (χ3n) is 5.41. The molecule has 2 heterocycles. The quantitative estimate of drug-likeness (QED) is 0.837. The van der Waals surface area contributed by atoms with Crippen LogP contribution >= 0.6 is 0 Å². The molecule has 2 aliphatic heterocycles. The Kier molecular flexibility index (Phi) is 3.94. The van der Waals surface area contributed by atoms with E-state index in [0.717, 1.165) is 17.7 Å². The molecular formula is C21H20FNO4. The summed E-state index contributed by atoms with van der Waals surface area (Å²) in [6.45, 7) is 4.81. The molecule has 1 unspecified atom stereocenters. The number of para-hydroxylation sites is 1. The molecule has 0 bridgehead atoms. The largest absolute Gasteiger partial charge is 0.507 e. The monoisotopic (exact) mass is 369 g/mol. The second-order valence-electron chi connectivity index (χ2n) is 7.49. The number of rotatable bonds is 4. The van der Waals surface area contributed by atoms with Crippen molar-refractivity contribution in [2.75, 3.05) is 18.1 Å². The lowest BCUT2D eigenvalue weighted by Gasteiger charge is -2.23. The van der Waals surface area contributed by atoms with Gasteiger partial charge in [0.2, 0.25) is 5.91 Å². The van der Waals surface area contributed by atoms with Gasteiger partial charge in [-0.1, -0.05) is 32.0 Å². The number of hydrogen-bond donors (Lipinski definition) is 1. The molecule has 1 N–H and O–H groups in total. The molecule has 0 saturated carbocycles. The molecule has 2 aromatic rings. The first-order chi connectivity index (χ1) is 12.9. The first-order valence-electron chi connectivity index (χ1n) is 8.98. The molecule has 1 atom stereocenters. The number of phenolic OH excluding ortho intramolecular Hbond substituents is 1. The van der Waals surface area contributed by atoms with Gasteiger partial charge in [-0.25, -0.2) is 0 Å². The summed E-state index contributed by atoms with van der Waals surface area (Å²) in [6.07, 6.45) is 0.841. The highest BCUT2D eigenvalue weighted by atomic mass is 19.1. The molecule has 2 aliphatic rings. The number of benzene rings is 2. The van der Waals surface area contributed by atoms with Crippen molar-refractivity contribution in [3.63, 3.8) is 0 Å². The van der Waals surface area contributed by atoms with Gasteiger partial charge in [0.05, 0.1) is 5.56 Å². The Labute approximate surface area is 156 Å². The minimum absolute atomic E-state index is 0.0553. The lowest BCUT2D eigenvalue weighted by Crippen LogP contribution is -2.43. The van der Waals surface area contributed by atoms with Crippen LogP contribution in [-0.4, -0.2) is 30.2 Å². The first kappa shape index (κ1) is 17.5. The van der Waals surface area contributed by atoms with Gasteiger partial charge in [0.25, 0.3) is 0 Å². The van der Waals surface area contributed by atoms with Crippen LogP contribution in [0.15, 0.2) is 36.4 Å². The summed E-state index contributed by atoms with van der Waals surface area (Å²) in [4.78, 5) is 26.6. The Morgan fingerprint density at radius 2 is 2.04 bits per heavy atom. The average Bonchev–Trinajstić information content (AvgIpc) is 3.10. The zero-order chi connectivity index (χ0) is 19.3. The molecule has 0 aliphatic carbocycles. The molecule has 0 fully saturated rings. The molecule has 0 radical (unpaired) electrons. The van der Waals surface area contributed by atoms with E-state index >= 15 is 0 Å². The maximum absolute atomic E-state index is 13.5. The fourth-order valence-electron chi connectivity index (χ4n) is 3.98. The molecule has 1 spiro atoms. The van der Waals surface area contributed by atoms with Crippen LogP contribution in [0, 0.1) is 5.92 Å². The van der Waals surface area contributed by atoms with Crippen LogP contribution in [0.4, 0.5) is 10.1 Å². The summed E-state index contributed by atoms with van der Waals surface area (Å²) in [5, 5.41) is 9.90.